The number of aromatic amines is 1. The molecule has 4 atom stereocenters. The Bertz CT molecular complexity index is 690. The van der Waals surface area contributed by atoms with Gasteiger partial charge in [-0.15, -0.1) is 0 Å². The molecule has 4 rings (SSSR count). The van der Waals surface area contributed by atoms with E-state index in [9.17, 15) is 10.2 Å². The summed E-state index contributed by atoms with van der Waals surface area (Å²) < 4.78 is 0. The van der Waals surface area contributed by atoms with Crippen LogP contribution in [0.4, 0.5) is 0 Å². The van der Waals surface area contributed by atoms with Gasteiger partial charge in [-0.2, -0.15) is 5.10 Å². The summed E-state index contributed by atoms with van der Waals surface area (Å²) in [6.45, 7) is 7.52. The highest BCUT2D eigenvalue weighted by Gasteiger charge is 2.51. The number of nitrogens with zero attached hydrogens (tertiary/aromatic N) is 1. The maximum Gasteiger partial charge on any atom is 0.0522 e. The van der Waals surface area contributed by atoms with E-state index in [1.807, 2.05) is 6.20 Å². The second-order valence-electron chi connectivity index (χ2n) is 9.46. The topological polar surface area (TPSA) is 69.1 Å². The monoisotopic (exact) mass is 344 g/mol. The highest BCUT2D eigenvalue weighted by Crippen LogP contribution is 2.58. The lowest BCUT2D eigenvalue weighted by molar-refractivity contribution is -0.00639. The molecule has 0 aliphatic heterocycles. The maximum absolute atomic E-state index is 10.3. The average molecular weight is 344 g/mol. The summed E-state index contributed by atoms with van der Waals surface area (Å²) in [4.78, 5) is 0. The molecule has 0 spiro atoms. The maximum atomic E-state index is 10.3. The van der Waals surface area contributed by atoms with Crippen LogP contribution in [0.15, 0.2) is 17.3 Å². The van der Waals surface area contributed by atoms with Crippen LogP contribution < -0.4 is 0 Å². The number of nitrogens with one attached hydrogen (secondary N) is 1. The van der Waals surface area contributed by atoms with E-state index >= 15 is 0 Å². The van der Waals surface area contributed by atoms with Crippen LogP contribution >= 0.6 is 0 Å². The van der Waals surface area contributed by atoms with Gasteiger partial charge in [0.05, 0.1) is 6.20 Å². The molecule has 0 bridgehead atoms. The largest absolute Gasteiger partial charge is 0.396 e. The molecule has 4 heteroatoms. The van der Waals surface area contributed by atoms with Crippen molar-refractivity contribution in [2.24, 2.45) is 28.6 Å². The first-order valence-electron chi connectivity index (χ1n) is 9.86. The molecule has 4 nitrogen and oxygen atoms in total. The van der Waals surface area contributed by atoms with Crippen LogP contribution in [-0.4, -0.2) is 33.6 Å². The Morgan fingerprint density at radius 2 is 2.00 bits per heavy atom. The van der Waals surface area contributed by atoms with Crippen LogP contribution in [-0.2, 0) is 12.8 Å². The third-order valence-corrected chi connectivity index (χ3v) is 7.89. The standard InChI is InChI=1S/C21H32N2O2/c1-20(2)7-6-15-16(12-25)18(5-4-17(15)20)21(3)9-13-10-22-23-19(13)8-14(21)11-24/h10,14,16,18,24-25H,4-9,11-12H2,1-3H3,(H,22,23)/t14-,16+,18+,21+/m1/s1. The molecule has 0 amide bonds. The van der Waals surface area contributed by atoms with Crippen molar-refractivity contribution in [3.8, 4) is 0 Å². The molecule has 0 fully saturated rings. The van der Waals surface area contributed by atoms with Crippen LogP contribution in [0.5, 0.6) is 0 Å². The Kier molecular flexibility index (Phi) is 4.12. The zero-order valence-electron chi connectivity index (χ0n) is 15.8. The van der Waals surface area contributed by atoms with Crippen LogP contribution in [0, 0.1) is 28.6 Å². The molecule has 1 heterocycles. The van der Waals surface area contributed by atoms with Crippen molar-refractivity contribution >= 4 is 0 Å². The number of rotatable bonds is 3. The van der Waals surface area contributed by atoms with Gasteiger partial charge in [-0.3, -0.25) is 5.10 Å². The van der Waals surface area contributed by atoms with Crippen LogP contribution in [0.2, 0.25) is 0 Å². The first kappa shape index (κ1) is 17.3. The zero-order chi connectivity index (χ0) is 17.8. The Hall–Kier alpha value is -1.13. The van der Waals surface area contributed by atoms with Gasteiger partial charge in [-0.25, -0.2) is 0 Å². The number of aromatic nitrogens is 2. The van der Waals surface area contributed by atoms with E-state index in [4.69, 9.17) is 0 Å². The van der Waals surface area contributed by atoms with Crippen LogP contribution in [0.25, 0.3) is 0 Å². The summed E-state index contributed by atoms with van der Waals surface area (Å²) >= 11 is 0. The number of hydrogen-bond acceptors (Lipinski definition) is 3. The van der Waals surface area contributed by atoms with Crippen molar-refractivity contribution in [3.05, 3.63) is 28.6 Å². The third-order valence-electron chi connectivity index (χ3n) is 7.89. The summed E-state index contributed by atoms with van der Waals surface area (Å²) in [5.74, 6) is 0.930. The highest BCUT2D eigenvalue weighted by atomic mass is 16.3. The predicted molar refractivity (Wildman–Crippen MR) is 98.0 cm³/mol. The van der Waals surface area contributed by atoms with Crippen LogP contribution in [0.3, 0.4) is 0 Å². The summed E-state index contributed by atoms with van der Waals surface area (Å²) in [6.07, 6.45) is 8.43. The van der Waals surface area contributed by atoms with Gasteiger partial charge in [0.25, 0.3) is 0 Å². The van der Waals surface area contributed by atoms with Gasteiger partial charge in [-0.1, -0.05) is 31.9 Å². The number of H-pyrrole nitrogens is 1. The average Bonchev–Trinajstić information content (AvgIpc) is 3.16. The minimum atomic E-state index is 0.0181. The van der Waals surface area contributed by atoms with E-state index in [1.54, 1.807) is 11.1 Å². The molecule has 0 aromatic carbocycles. The van der Waals surface area contributed by atoms with Gasteiger partial charge in [0.2, 0.25) is 0 Å². The lowest BCUT2D eigenvalue weighted by Gasteiger charge is -2.51. The minimum Gasteiger partial charge on any atom is -0.396 e. The molecule has 0 saturated carbocycles. The van der Waals surface area contributed by atoms with Gasteiger partial charge < -0.3 is 10.2 Å². The van der Waals surface area contributed by atoms with E-state index in [0.29, 0.717) is 11.3 Å². The molecule has 25 heavy (non-hydrogen) atoms. The molecule has 138 valence electrons. The quantitative estimate of drug-likeness (QED) is 0.737. The molecule has 3 N–H and O–H groups in total. The molecule has 1 aromatic heterocycles. The Morgan fingerprint density at radius 1 is 1.20 bits per heavy atom. The Morgan fingerprint density at radius 3 is 2.72 bits per heavy atom. The van der Waals surface area contributed by atoms with Gasteiger partial charge >= 0.3 is 0 Å². The van der Waals surface area contributed by atoms with Crippen molar-refractivity contribution in [2.45, 2.75) is 59.3 Å². The van der Waals surface area contributed by atoms with Crippen molar-refractivity contribution in [3.63, 3.8) is 0 Å². The minimum absolute atomic E-state index is 0.0181. The number of fused-ring (bicyclic) bond motifs is 1. The predicted octanol–water partition coefficient (Wildman–Crippen LogP) is 3.26. The Labute approximate surface area is 150 Å². The van der Waals surface area contributed by atoms with Gasteiger partial charge in [0, 0.05) is 24.8 Å². The van der Waals surface area contributed by atoms with Crippen molar-refractivity contribution < 1.29 is 10.2 Å². The molecule has 0 saturated heterocycles. The lowest BCUT2D eigenvalue weighted by Crippen LogP contribution is -2.48. The first-order valence-corrected chi connectivity index (χ1v) is 9.86. The molecular weight excluding hydrogens is 312 g/mol. The number of aliphatic hydroxyl groups excluding tert-OH is 2. The summed E-state index contributed by atoms with van der Waals surface area (Å²) in [5.41, 5.74) is 5.97. The summed E-state index contributed by atoms with van der Waals surface area (Å²) in [7, 11) is 0. The highest BCUT2D eigenvalue weighted by molar-refractivity contribution is 5.33. The number of aliphatic hydroxyl groups is 2. The van der Waals surface area contributed by atoms with Crippen molar-refractivity contribution in [2.75, 3.05) is 13.2 Å². The van der Waals surface area contributed by atoms with Gasteiger partial charge in [0.1, 0.15) is 0 Å². The second-order valence-corrected chi connectivity index (χ2v) is 9.46. The molecule has 0 unspecified atom stereocenters. The lowest BCUT2D eigenvalue weighted by atomic mass is 9.54. The van der Waals surface area contributed by atoms with E-state index in [-0.39, 0.29) is 30.5 Å². The Balaban J connectivity index is 1.71. The fourth-order valence-electron chi connectivity index (χ4n) is 6.27. The van der Waals surface area contributed by atoms with Crippen molar-refractivity contribution in [1.29, 1.82) is 0 Å². The van der Waals surface area contributed by atoms with E-state index in [0.717, 1.165) is 32.1 Å². The van der Waals surface area contributed by atoms with E-state index in [1.165, 1.54) is 17.7 Å². The molecule has 1 aromatic rings. The van der Waals surface area contributed by atoms with E-state index < -0.39 is 0 Å². The third kappa shape index (κ3) is 2.52. The van der Waals surface area contributed by atoms with Crippen molar-refractivity contribution in [1.82, 2.24) is 10.2 Å². The number of hydrogen-bond donors (Lipinski definition) is 3. The van der Waals surface area contributed by atoms with Gasteiger partial charge in [0.15, 0.2) is 0 Å². The molecule has 3 aliphatic carbocycles. The normalized spacial score (nSPS) is 37.1. The fraction of sp³-hybridized carbons (Fsp3) is 0.762. The first-order chi connectivity index (χ1) is 11.9. The molecular formula is C21H32N2O2. The summed E-state index contributed by atoms with van der Waals surface area (Å²) in [6, 6.07) is 0. The second kappa shape index (κ2) is 5.95. The zero-order valence-corrected chi connectivity index (χ0v) is 15.8. The van der Waals surface area contributed by atoms with Gasteiger partial charge in [-0.05, 0) is 66.8 Å². The van der Waals surface area contributed by atoms with E-state index in [2.05, 4.69) is 31.0 Å². The SMILES string of the molecule is CC1(C)CCC2=C1CC[C@H]([C@@]1(C)Cc3cn[nH]c3C[C@@H]1CO)[C@H]2CO. The molecule has 3 aliphatic rings. The molecule has 0 radical (unpaired) electrons. The van der Waals surface area contributed by atoms with Crippen LogP contribution in [0.1, 0.15) is 57.7 Å². The number of allylic oxidation sites excluding steroid dienone is 1. The summed E-state index contributed by atoms with van der Waals surface area (Å²) in [5, 5.41) is 27.8. The smallest absolute Gasteiger partial charge is 0.0522 e. The fourth-order valence-corrected chi connectivity index (χ4v) is 6.27.